The van der Waals surface area contributed by atoms with Gasteiger partial charge in [0.1, 0.15) is 5.82 Å². The highest BCUT2D eigenvalue weighted by Crippen LogP contribution is 2.27. The Hall–Kier alpha value is -1.56. The van der Waals surface area contributed by atoms with Crippen LogP contribution in [-0.4, -0.2) is 29.0 Å². The molecule has 0 spiro atoms. The number of nitrogens with zero attached hydrogens (tertiary/aromatic N) is 2. The Morgan fingerprint density at radius 1 is 1.33 bits per heavy atom. The van der Waals surface area contributed by atoms with Gasteiger partial charge in [0.25, 0.3) is 0 Å². The SMILES string of the molecule is CC(C)c1nc2cc(N)ccc2n1CC(C)(C)S(C)(=O)=O. The Balaban J connectivity index is 2.64. The van der Waals surface area contributed by atoms with Crippen LogP contribution >= 0.6 is 0 Å². The molecule has 2 rings (SSSR count). The quantitative estimate of drug-likeness (QED) is 0.880. The molecule has 1 aromatic carbocycles. The van der Waals surface area contributed by atoms with E-state index in [-0.39, 0.29) is 5.92 Å². The third-order valence-corrected chi connectivity index (χ3v) is 6.00. The zero-order chi connectivity index (χ0) is 16.0. The number of aromatic nitrogens is 2. The zero-order valence-corrected chi connectivity index (χ0v) is 14.0. The maximum atomic E-state index is 12.0. The normalized spacial score (nSPS) is 13.2. The number of anilines is 1. The second kappa shape index (κ2) is 5.02. The first-order valence-corrected chi connectivity index (χ1v) is 8.87. The second-order valence-corrected chi connectivity index (χ2v) is 9.14. The lowest BCUT2D eigenvalue weighted by Crippen LogP contribution is -2.36. The summed E-state index contributed by atoms with van der Waals surface area (Å²) in [6, 6.07) is 5.55. The fraction of sp³-hybridized carbons (Fsp3) is 0.533. The topological polar surface area (TPSA) is 78.0 Å². The predicted octanol–water partition coefficient (Wildman–Crippen LogP) is 2.57. The molecule has 1 aromatic heterocycles. The standard InChI is InChI=1S/C15H23N3O2S/c1-10(2)14-17-12-8-11(16)6-7-13(12)18(14)9-15(3,4)21(5,19)20/h6-8,10H,9,16H2,1-5H3. The molecule has 0 unspecified atom stereocenters. The number of rotatable bonds is 4. The van der Waals surface area contributed by atoms with Gasteiger partial charge in [0.05, 0.1) is 15.8 Å². The van der Waals surface area contributed by atoms with Crippen molar-refractivity contribution < 1.29 is 8.42 Å². The minimum Gasteiger partial charge on any atom is -0.399 e. The molecule has 0 aliphatic carbocycles. The van der Waals surface area contributed by atoms with Crippen LogP contribution < -0.4 is 5.73 Å². The van der Waals surface area contributed by atoms with E-state index in [4.69, 9.17) is 5.73 Å². The lowest BCUT2D eigenvalue weighted by atomic mass is 10.1. The molecule has 116 valence electrons. The van der Waals surface area contributed by atoms with Gasteiger partial charge in [-0.3, -0.25) is 0 Å². The third-order valence-electron chi connectivity index (χ3n) is 3.86. The Morgan fingerprint density at radius 3 is 2.48 bits per heavy atom. The van der Waals surface area contributed by atoms with Crippen LogP contribution in [0.3, 0.4) is 0 Å². The summed E-state index contributed by atoms with van der Waals surface area (Å²) in [5.41, 5.74) is 8.20. The van der Waals surface area contributed by atoms with Crippen molar-refractivity contribution in [2.24, 2.45) is 0 Å². The molecule has 0 aliphatic heterocycles. The van der Waals surface area contributed by atoms with Crippen molar-refractivity contribution in [3.63, 3.8) is 0 Å². The average Bonchev–Trinajstić information content (AvgIpc) is 2.65. The van der Waals surface area contributed by atoms with Crippen LogP contribution in [0.2, 0.25) is 0 Å². The van der Waals surface area contributed by atoms with Gasteiger partial charge in [-0.1, -0.05) is 13.8 Å². The van der Waals surface area contributed by atoms with E-state index in [1.807, 2.05) is 22.8 Å². The molecule has 0 saturated carbocycles. The van der Waals surface area contributed by atoms with Crippen molar-refractivity contribution in [2.45, 2.75) is 44.9 Å². The predicted molar refractivity (Wildman–Crippen MR) is 87.2 cm³/mol. The summed E-state index contributed by atoms with van der Waals surface area (Å²) in [7, 11) is -3.17. The highest BCUT2D eigenvalue weighted by Gasteiger charge is 2.32. The van der Waals surface area contributed by atoms with Crippen molar-refractivity contribution in [3.8, 4) is 0 Å². The van der Waals surface area contributed by atoms with E-state index in [1.165, 1.54) is 6.26 Å². The van der Waals surface area contributed by atoms with Crippen LogP contribution in [0.25, 0.3) is 11.0 Å². The molecule has 0 atom stereocenters. The Labute approximate surface area is 126 Å². The van der Waals surface area contributed by atoms with Gasteiger partial charge in [0.2, 0.25) is 0 Å². The summed E-state index contributed by atoms with van der Waals surface area (Å²) < 4.78 is 25.1. The summed E-state index contributed by atoms with van der Waals surface area (Å²) in [5.74, 6) is 1.08. The lowest BCUT2D eigenvalue weighted by Gasteiger charge is -2.25. The fourth-order valence-electron chi connectivity index (χ4n) is 2.27. The monoisotopic (exact) mass is 309 g/mol. The van der Waals surface area contributed by atoms with E-state index in [9.17, 15) is 8.42 Å². The van der Waals surface area contributed by atoms with Crippen molar-refractivity contribution >= 4 is 26.6 Å². The van der Waals surface area contributed by atoms with Crippen LogP contribution in [-0.2, 0) is 16.4 Å². The second-order valence-electron chi connectivity index (χ2n) is 6.49. The van der Waals surface area contributed by atoms with E-state index < -0.39 is 14.6 Å². The molecule has 0 fully saturated rings. The van der Waals surface area contributed by atoms with E-state index in [0.29, 0.717) is 12.2 Å². The number of sulfone groups is 1. The summed E-state index contributed by atoms with van der Waals surface area (Å²) >= 11 is 0. The maximum Gasteiger partial charge on any atom is 0.154 e. The van der Waals surface area contributed by atoms with E-state index in [1.54, 1.807) is 13.8 Å². The summed E-state index contributed by atoms with van der Waals surface area (Å²) in [6.07, 6.45) is 1.28. The molecule has 0 amide bonds. The molecule has 6 heteroatoms. The van der Waals surface area contributed by atoms with Crippen LogP contribution in [0.15, 0.2) is 18.2 Å². The molecule has 2 aromatic rings. The molecule has 0 aliphatic rings. The number of nitrogen functional groups attached to an aromatic ring is 1. The summed E-state index contributed by atoms with van der Waals surface area (Å²) in [6.45, 7) is 7.97. The number of hydrogen-bond donors (Lipinski definition) is 1. The van der Waals surface area contributed by atoms with Crippen molar-refractivity contribution in [1.29, 1.82) is 0 Å². The largest absolute Gasteiger partial charge is 0.399 e. The van der Waals surface area contributed by atoms with Gasteiger partial charge in [0.15, 0.2) is 9.84 Å². The number of benzene rings is 1. The molecular formula is C15H23N3O2S. The first-order valence-electron chi connectivity index (χ1n) is 6.98. The molecule has 1 heterocycles. The fourth-order valence-corrected chi connectivity index (χ4v) is 2.63. The summed E-state index contributed by atoms with van der Waals surface area (Å²) in [5, 5.41) is 0. The average molecular weight is 309 g/mol. The molecule has 5 nitrogen and oxygen atoms in total. The van der Waals surface area contributed by atoms with Crippen LogP contribution in [0.5, 0.6) is 0 Å². The number of hydrogen-bond acceptors (Lipinski definition) is 4. The van der Waals surface area contributed by atoms with E-state index in [2.05, 4.69) is 18.8 Å². The smallest absolute Gasteiger partial charge is 0.154 e. The van der Waals surface area contributed by atoms with Gasteiger partial charge in [-0.15, -0.1) is 0 Å². The third kappa shape index (κ3) is 2.90. The zero-order valence-electron chi connectivity index (χ0n) is 13.2. The van der Waals surface area contributed by atoms with Gasteiger partial charge in [-0.2, -0.15) is 0 Å². The van der Waals surface area contributed by atoms with E-state index in [0.717, 1.165) is 16.9 Å². The van der Waals surface area contributed by atoms with Gasteiger partial charge in [-0.25, -0.2) is 13.4 Å². The minimum absolute atomic E-state index is 0.203. The first kappa shape index (κ1) is 15.8. The van der Waals surface area contributed by atoms with Crippen molar-refractivity contribution in [2.75, 3.05) is 12.0 Å². The Morgan fingerprint density at radius 2 is 1.95 bits per heavy atom. The lowest BCUT2D eigenvalue weighted by molar-refractivity contribution is 0.494. The Bertz CT molecular complexity index is 774. The first-order chi connectivity index (χ1) is 9.53. The molecule has 21 heavy (non-hydrogen) atoms. The highest BCUT2D eigenvalue weighted by molar-refractivity contribution is 7.92. The van der Waals surface area contributed by atoms with Gasteiger partial charge < -0.3 is 10.3 Å². The molecule has 2 N–H and O–H groups in total. The van der Waals surface area contributed by atoms with E-state index >= 15 is 0 Å². The van der Waals surface area contributed by atoms with Gasteiger partial charge >= 0.3 is 0 Å². The van der Waals surface area contributed by atoms with Gasteiger partial charge in [-0.05, 0) is 32.0 Å². The highest BCUT2D eigenvalue weighted by atomic mass is 32.2. The van der Waals surface area contributed by atoms with Crippen molar-refractivity contribution in [3.05, 3.63) is 24.0 Å². The number of nitrogens with two attached hydrogens (primary N) is 1. The Kier molecular flexibility index (Phi) is 3.78. The van der Waals surface area contributed by atoms with Crippen molar-refractivity contribution in [1.82, 2.24) is 9.55 Å². The minimum atomic E-state index is -3.17. The number of imidazole rings is 1. The molecular weight excluding hydrogens is 286 g/mol. The van der Waals surface area contributed by atoms with Gasteiger partial charge in [0, 0.05) is 24.4 Å². The van der Waals surface area contributed by atoms with Crippen LogP contribution in [0.4, 0.5) is 5.69 Å². The molecule has 0 radical (unpaired) electrons. The van der Waals surface area contributed by atoms with Crippen LogP contribution in [0, 0.1) is 0 Å². The molecule has 0 bridgehead atoms. The maximum absolute atomic E-state index is 12.0. The molecule has 0 saturated heterocycles. The summed E-state index contributed by atoms with van der Waals surface area (Å²) in [4.78, 5) is 4.63. The van der Waals surface area contributed by atoms with Crippen LogP contribution in [0.1, 0.15) is 39.4 Å². The number of fused-ring (bicyclic) bond motifs is 1.